The summed E-state index contributed by atoms with van der Waals surface area (Å²) in [6.07, 6.45) is 4.02. The Hall–Kier alpha value is -1.85. The fourth-order valence-electron chi connectivity index (χ4n) is 3.53. The fraction of sp³-hybridized carbons (Fsp3) is 0.500. The zero-order valence-corrected chi connectivity index (χ0v) is 13.4. The molecule has 2 N–H and O–H groups in total. The lowest BCUT2D eigenvalue weighted by molar-refractivity contribution is 0.122. The van der Waals surface area contributed by atoms with E-state index in [9.17, 15) is 0 Å². The third kappa shape index (κ3) is 2.99. The number of anilines is 2. The zero-order valence-electron chi connectivity index (χ0n) is 13.4. The Morgan fingerprint density at radius 3 is 2.57 bits per heavy atom. The number of hydrogen-bond donors (Lipinski definition) is 1. The molecule has 1 aromatic heterocycles. The molecule has 0 bridgehead atoms. The average molecular weight is 312 g/mol. The largest absolute Gasteiger partial charge is 0.378 e. The molecule has 2 saturated heterocycles. The van der Waals surface area contributed by atoms with E-state index in [1.165, 1.54) is 16.5 Å². The Morgan fingerprint density at radius 1 is 1.00 bits per heavy atom. The van der Waals surface area contributed by atoms with Crippen LogP contribution in [0.3, 0.4) is 0 Å². The molecule has 2 aliphatic rings. The summed E-state index contributed by atoms with van der Waals surface area (Å²) in [6, 6.07) is 9.17. The first kappa shape index (κ1) is 14.7. The van der Waals surface area contributed by atoms with Crippen molar-refractivity contribution in [1.82, 2.24) is 4.98 Å². The maximum absolute atomic E-state index is 6.03. The lowest BCUT2D eigenvalue weighted by atomic mass is 10.0. The number of aromatic nitrogens is 1. The van der Waals surface area contributed by atoms with Gasteiger partial charge in [0.15, 0.2) is 0 Å². The molecule has 1 aromatic carbocycles. The van der Waals surface area contributed by atoms with E-state index < -0.39 is 0 Å². The van der Waals surface area contributed by atoms with E-state index in [2.05, 4.69) is 39.0 Å². The Bertz CT molecular complexity index is 676. The van der Waals surface area contributed by atoms with Gasteiger partial charge in [0.2, 0.25) is 0 Å². The van der Waals surface area contributed by atoms with Crippen molar-refractivity contribution in [3.8, 4) is 0 Å². The third-order valence-corrected chi connectivity index (χ3v) is 4.94. The molecule has 0 amide bonds. The molecule has 0 spiro atoms. The second kappa shape index (κ2) is 6.34. The molecule has 0 atom stereocenters. The van der Waals surface area contributed by atoms with E-state index in [1.54, 1.807) is 0 Å². The molecule has 4 rings (SSSR count). The van der Waals surface area contributed by atoms with Crippen LogP contribution in [0.1, 0.15) is 12.8 Å². The van der Waals surface area contributed by atoms with Crippen LogP contribution >= 0.6 is 0 Å². The number of benzene rings is 1. The second-order valence-corrected chi connectivity index (χ2v) is 6.46. The number of nitrogens with two attached hydrogens (primary N) is 1. The Kier molecular flexibility index (Phi) is 4.06. The number of nitrogens with zero attached hydrogens (tertiary/aromatic N) is 3. The summed E-state index contributed by atoms with van der Waals surface area (Å²) in [7, 11) is 0. The molecule has 2 fully saturated rings. The summed E-state index contributed by atoms with van der Waals surface area (Å²) in [5, 5.41) is 2.49. The first-order chi connectivity index (χ1) is 11.3. The van der Waals surface area contributed by atoms with Crippen molar-refractivity contribution in [2.45, 2.75) is 18.9 Å². The lowest BCUT2D eigenvalue weighted by Gasteiger charge is -2.32. The van der Waals surface area contributed by atoms with Gasteiger partial charge in [-0.3, -0.25) is 0 Å². The van der Waals surface area contributed by atoms with Gasteiger partial charge in [0.25, 0.3) is 0 Å². The zero-order chi connectivity index (χ0) is 15.6. The summed E-state index contributed by atoms with van der Waals surface area (Å²) in [5.41, 5.74) is 7.30. The average Bonchev–Trinajstić information content (AvgIpc) is 2.62. The predicted molar refractivity (Wildman–Crippen MR) is 94.2 cm³/mol. The Labute approximate surface area is 137 Å². The number of fused-ring (bicyclic) bond motifs is 1. The van der Waals surface area contributed by atoms with Crippen molar-refractivity contribution in [2.24, 2.45) is 5.73 Å². The minimum Gasteiger partial charge on any atom is -0.378 e. The molecule has 3 heterocycles. The third-order valence-electron chi connectivity index (χ3n) is 4.94. The topological polar surface area (TPSA) is 54.6 Å². The van der Waals surface area contributed by atoms with E-state index in [4.69, 9.17) is 10.5 Å². The van der Waals surface area contributed by atoms with Gasteiger partial charge in [0.05, 0.1) is 13.2 Å². The number of rotatable bonds is 2. The highest BCUT2D eigenvalue weighted by Gasteiger charge is 2.19. The molecule has 23 heavy (non-hydrogen) atoms. The van der Waals surface area contributed by atoms with Crippen LogP contribution in [0.25, 0.3) is 10.8 Å². The molecule has 2 aromatic rings. The standard InChI is InChI=1S/C18H24N4O/c19-15-4-7-22(8-5-15)18-17-2-1-16(13-14(17)3-6-20-18)21-9-11-23-12-10-21/h1-3,6,13,15H,4-5,7-12,19H2. The summed E-state index contributed by atoms with van der Waals surface area (Å²) in [5.74, 6) is 1.10. The van der Waals surface area contributed by atoms with Crippen molar-refractivity contribution in [1.29, 1.82) is 0 Å². The molecule has 122 valence electrons. The lowest BCUT2D eigenvalue weighted by Crippen LogP contribution is -2.40. The smallest absolute Gasteiger partial charge is 0.136 e. The molecular weight excluding hydrogens is 288 g/mol. The SMILES string of the molecule is NC1CCN(c2nccc3cc(N4CCOCC4)ccc23)CC1. The molecule has 0 radical (unpaired) electrons. The van der Waals surface area contributed by atoms with E-state index >= 15 is 0 Å². The summed E-state index contributed by atoms with van der Waals surface area (Å²) >= 11 is 0. The Morgan fingerprint density at radius 2 is 1.78 bits per heavy atom. The number of morpholine rings is 1. The predicted octanol–water partition coefficient (Wildman–Crippen LogP) is 2.00. The van der Waals surface area contributed by atoms with Crippen molar-refractivity contribution in [3.05, 3.63) is 30.5 Å². The Balaban J connectivity index is 1.65. The van der Waals surface area contributed by atoms with Crippen LogP contribution in [-0.4, -0.2) is 50.4 Å². The molecule has 5 heteroatoms. The molecule has 0 saturated carbocycles. The molecule has 2 aliphatic heterocycles. The maximum atomic E-state index is 6.03. The highest BCUT2D eigenvalue weighted by Crippen LogP contribution is 2.30. The van der Waals surface area contributed by atoms with E-state index in [1.807, 2.05) is 6.20 Å². The van der Waals surface area contributed by atoms with Crippen LogP contribution < -0.4 is 15.5 Å². The van der Waals surface area contributed by atoms with Gasteiger partial charge in [0, 0.05) is 49.5 Å². The van der Waals surface area contributed by atoms with Crippen LogP contribution in [0.4, 0.5) is 11.5 Å². The minimum atomic E-state index is 0.342. The van der Waals surface area contributed by atoms with Crippen LogP contribution in [0.15, 0.2) is 30.5 Å². The van der Waals surface area contributed by atoms with Gasteiger partial charge in [-0.05, 0) is 42.5 Å². The van der Waals surface area contributed by atoms with Crippen LogP contribution in [0, 0.1) is 0 Å². The quantitative estimate of drug-likeness (QED) is 0.919. The molecule has 0 unspecified atom stereocenters. The van der Waals surface area contributed by atoms with Gasteiger partial charge >= 0.3 is 0 Å². The highest BCUT2D eigenvalue weighted by atomic mass is 16.5. The molecular formula is C18H24N4O. The van der Waals surface area contributed by atoms with Crippen LogP contribution in [0.5, 0.6) is 0 Å². The highest BCUT2D eigenvalue weighted by molar-refractivity contribution is 5.94. The summed E-state index contributed by atoms with van der Waals surface area (Å²) in [6.45, 7) is 5.55. The number of pyridine rings is 1. The van der Waals surface area contributed by atoms with E-state index in [0.717, 1.165) is 58.1 Å². The maximum Gasteiger partial charge on any atom is 0.136 e. The van der Waals surface area contributed by atoms with Crippen molar-refractivity contribution >= 4 is 22.3 Å². The minimum absolute atomic E-state index is 0.342. The monoisotopic (exact) mass is 312 g/mol. The first-order valence-corrected chi connectivity index (χ1v) is 8.53. The number of piperidine rings is 1. The number of hydrogen-bond acceptors (Lipinski definition) is 5. The molecule has 0 aliphatic carbocycles. The van der Waals surface area contributed by atoms with Gasteiger partial charge in [-0.1, -0.05) is 0 Å². The second-order valence-electron chi connectivity index (χ2n) is 6.46. The molecule has 5 nitrogen and oxygen atoms in total. The van der Waals surface area contributed by atoms with Crippen LogP contribution in [0.2, 0.25) is 0 Å². The first-order valence-electron chi connectivity index (χ1n) is 8.53. The van der Waals surface area contributed by atoms with Crippen molar-refractivity contribution < 1.29 is 4.74 Å². The van der Waals surface area contributed by atoms with Crippen molar-refractivity contribution in [2.75, 3.05) is 49.2 Å². The van der Waals surface area contributed by atoms with Gasteiger partial charge in [0.1, 0.15) is 5.82 Å². The van der Waals surface area contributed by atoms with E-state index in [-0.39, 0.29) is 0 Å². The van der Waals surface area contributed by atoms with Gasteiger partial charge in [-0.15, -0.1) is 0 Å². The normalized spacial score (nSPS) is 20.2. The van der Waals surface area contributed by atoms with Crippen LogP contribution in [-0.2, 0) is 4.74 Å². The van der Waals surface area contributed by atoms with Crippen molar-refractivity contribution in [3.63, 3.8) is 0 Å². The van der Waals surface area contributed by atoms with Gasteiger partial charge in [-0.25, -0.2) is 4.98 Å². The summed E-state index contributed by atoms with van der Waals surface area (Å²) < 4.78 is 5.45. The fourth-order valence-corrected chi connectivity index (χ4v) is 3.53. The van der Waals surface area contributed by atoms with E-state index in [0.29, 0.717) is 6.04 Å². The van der Waals surface area contributed by atoms with Gasteiger partial charge < -0.3 is 20.3 Å². The summed E-state index contributed by atoms with van der Waals surface area (Å²) in [4.78, 5) is 9.42. The van der Waals surface area contributed by atoms with Gasteiger partial charge in [-0.2, -0.15) is 0 Å². The number of ether oxygens (including phenoxy) is 1.